The maximum absolute atomic E-state index is 11.4. The first-order valence-electron chi connectivity index (χ1n) is 5.99. The van der Waals surface area contributed by atoms with Crippen molar-refractivity contribution >= 4 is 21.2 Å². The Morgan fingerprint density at radius 1 is 1.28 bits per heavy atom. The van der Waals surface area contributed by atoms with Gasteiger partial charge in [-0.15, -0.1) is 0 Å². The number of nitrogen functional groups attached to an aromatic ring is 1. The van der Waals surface area contributed by atoms with Gasteiger partial charge in [-0.1, -0.05) is 0 Å². The van der Waals surface area contributed by atoms with E-state index < -0.39 is 9.84 Å². The van der Waals surface area contributed by atoms with Crippen LogP contribution in [0.1, 0.15) is 6.92 Å². The zero-order valence-electron chi connectivity index (χ0n) is 10.4. The van der Waals surface area contributed by atoms with E-state index in [0.717, 1.165) is 11.4 Å². The Hall–Kier alpha value is -1.43. The Balaban J connectivity index is 2.18. The molecule has 6 heteroatoms. The maximum atomic E-state index is 11.4. The number of hydrogen-bond donors (Lipinski definition) is 1. The quantitative estimate of drug-likeness (QED) is 0.826. The first kappa shape index (κ1) is 13.0. The van der Waals surface area contributed by atoms with Crippen LogP contribution in [0.5, 0.6) is 5.75 Å². The first-order chi connectivity index (χ1) is 8.50. The molecule has 1 fully saturated rings. The molecule has 1 aromatic carbocycles. The van der Waals surface area contributed by atoms with Crippen LogP contribution in [0.3, 0.4) is 0 Å². The van der Waals surface area contributed by atoms with Crippen LogP contribution in [-0.2, 0) is 9.84 Å². The highest BCUT2D eigenvalue weighted by Gasteiger charge is 2.22. The van der Waals surface area contributed by atoms with Crippen LogP contribution in [0.4, 0.5) is 11.4 Å². The molecule has 0 atom stereocenters. The van der Waals surface area contributed by atoms with E-state index in [1.165, 1.54) is 0 Å². The van der Waals surface area contributed by atoms with E-state index >= 15 is 0 Å². The van der Waals surface area contributed by atoms with Gasteiger partial charge in [-0.25, -0.2) is 8.42 Å². The molecule has 1 heterocycles. The molecule has 1 aliphatic heterocycles. The standard InChI is InChI=1S/C12H18N2O3S/c1-2-17-12-8-10(13)7-11(9-12)14-3-5-18(15,16)6-4-14/h7-9H,2-6,13H2,1H3. The van der Waals surface area contributed by atoms with Crippen LogP contribution in [0.15, 0.2) is 18.2 Å². The molecule has 5 nitrogen and oxygen atoms in total. The predicted octanol–water partition coefficient (Wildman–Crippen LogP) is 0.902. The number of benzene rings is 1. The Labute approximate surface area is 107 Å². The van der Waals surface area contributed by atoms with Gasteiger partial charge in [-0.3, -0.25) is 0 Å². The fourth-order valence-electron chi connectivity index (χ4n) is 2.01. The molecule has 0 radical (unpaired) electrons. The van der Waals surface area contributed by atoms with Crippen LogP contribution in [0.25, 0.3) is 0 Å². The lowest BCUT2D eigenvalue weighted by atomic mass is 10.2. The number of anilines is 2. The highest BCUT2D eigenvalue weighted by Crippen LogP contribution is 2.26. The summed E-state index contributed by atoms with van der Waals surface area (Å²) in [6, 6.07) is 5.52. The molecular weight excluding hydrogens is 252 g/mol. The first-order valence-corrected chi connectivity index (χ1v) is 7.81. The maximum Gasteiger partial charge on any atom is 0.153 e. The van der Waals surface area contributed by atoms with Gasteiger partial charge in [0.15, 0.2) is 9.84 Å². The molecule has 1 aliphatic rings. The minimum absolute atomic E-state index is 0.200. The van der Waals surface area contributed by atoms with E-state index in [-0.39, 0.29) is 11.5 Å². The highest BCUT2D eigenvalue weighted by molar-refractivity contribution is 7.91. The second-order valence-corrected chi connectivity index (χ2v) is 6.64. The molecule has 0 aliphatic carbocycles. The Bertz CT molecular complexity index is 514. The fraction of sp³-hybridized carbons (Fsp3) is 0.500. The van der Waals surface area contributed by atoms with Gasteiger partial charge in [0.1, 0.15) is 5.75 Å². The summed E-state index contributed by atoms with van der Waals surface area (Å²) in [5.41, 5.74) is 7.38. The number of nitrogens with two attached hydrogens (primary N) is 1. The molecule has 1 saturated heterocycles. The van der Waals surface area contributed by atoms with E-state index in [9.17, 15) is 8.42 Å². The summed E-state index contributed by atoms with van der Waals surface area (Å²) < 4.78 is 28.2. The van der Waals surface area contributed by atoms with E-state index in [1.54, 1.807) is 6.07 Å². The molecule has 18 heavy (non-hydrogen) atoms. The van der Waals surface area contributed by atoms with Crippen molar-refractivity contribution in [1.82, 2.24) is 0 Å². The van der Waals surface area contributed by atoms with Crippen molar-refractivity contribution < 1.29 is 13.2 Å². The number of rotatable bonds is 3. The monoisotopic (exact) mass is 270 g/mol. The molecule has 0 spiro atoms. The third-order valence-electron chi connectivity index (χ3n) is 2.93. The van der Waals surface area contributed by atoms with Crippen molar-refractivity contribution in [2.24, 2.45) is 0 Å². The van der Waals surface area contributed by atoms with Crippen LogP contribution in [0, 0.1) is 0 Å². The van der Waals surface area contributed by atoms with Gasteiger partial charge in [0.25, 0.3) is 0 Å². The van der Waals surface area contributed by atoms with Crippen LogP contribution >= 0.6 is 0 Å². The topological polar surface area (TPSA) is 72.6 Å². The summed E-state index contributed by atoms with van der Waals surface area (Å²) in [5, 5.41) is 0. The lowest BCUT2D eigenvalue weighted by Gasteiger charge is -2.29. The largest absolute Gasteiger partial charge is 0.494 e. The molecule has 1 aromatic rings. The van der Waals surface area contributed by atoms with Crippen molar-refractivity contribution in [1.29, 1.82) is 0 Å². The number of nitrogens with zero attached hydrogens (tertiary/aromatic N) is 1. The molecule has 0 amide bonds. The van der Waals surface area contributed by atoms with Crippen molar-refractivity contribution in [2.45, 2.75) is 6.92 Å². The SMILES string of the molecule is CCOc1cc(N)cc(N2CCS(=O)(=O)CC2)c1. The third-order valence-corrected chi connectivity index (χ3v) is 4.54. The van der Waals surface area contributed by atoms with E-state index in [2.05, 4.69) is 0 Å². The van der Waals surface area contributed by atoms with Gasteiger partial charge in [0, 0.05) is 36.6 Å². The zero-order chi connectivity index (χ0) is 13.2. The second-order valence-electron chi connectivity index (χ2n) is 4.33. The molecule has 2 rings (SSSR count). The Morgan fingerprint density at radius 3 is 2.56 bits per heavy atom. The predicted molar refractivity (Wildman–Crippen MR) is 72.9 cm³/mol. The molecule has 0 bridgehead atoms. The normalized spacial score (nSPS) is 18.6. The van der Waals surface area contributed by atoms with Crippen LogP contribution in [0.2, 0.25) is 0 Å². The van der Waals surface area contributed by atoms with E-state index in [0.29, 0.717) is 25.4 Å². The van der Waals surface area contributed by atoms with Gasteiger partial charge in [-0.05, 0) is 13.0 Å². The Morgan fingerprint density at radius 2 is 1.94 bits per heavy atom. The summed E-state index contributed by atoms with van der Waals surface area (Å²) in [6.07, 6.45) is 0. The average molecular weight is 270 g/mol. The number of sulfone groups is 1. The molecular formula is C12H18N2O3S. The van der Waals surface area contributed by atoms with Crippen LogP contribution in [-0.4, -0.2) is 39.6 Å². The Kier molecular flexibility index (Phi) is 3.65. The summed E-state index contributed by atoms with van der Waals surface area (Å²) in [6.45, 7) is 3.52. The molecule has 0 saturated carbocycles. The highest BCUT2D eigenvalue weighted by atomic mass is 32.2. The summed E-state index contributed by atoms with van der Waals surface area (Å²) in [4.78, 5) is 2.03. The second kappa shape index (κ2) is 5.06. The van der Waals surface area contributed by atoms with Crippen molar-refractivity contribution in [3.05, 3.63) is 18.2 Å². The lowest BCUT2D eigenvalue weighted by molar-refractivity contribution is 0.340. The fourth-order valence-corrected chi connectivity index (χ4v) is 3.21. The summed E-state index contributed by atoms with van der Waals surface area (Å²) >= 11 is 0. The van der Waals surface area contributed by atoms with Gasteiger partial charge >= 0.3 is 0 Å². The van der Waals surface area contributed by atoms with E-state index in [1.807, 2.05) is 24.0 Å². The lowest BCUT2D eigenvalue weighted by Crippen LogP contribution is -2.40. The van der Waals surface area contributed by atoms with Gasteiger partial charge in [-0.2, -0.15) is 0 Å². The molecule has 0 aromatic heterocycles. The minimum atomic E-state index is -2.86. The smallest absolute Gasteiger partial charge is 0.153 e. The van der Waals surface area contributed by atoms with Gasteiger partial charge in [0.05, 0.1) is 18.1 Å². The molecule has 2 N–H and O–H groups in total. The summed E-state index contributed by atoms with van der Waals surface area (Å²) in [5.74, 6) is 1.12. The van der Waals surface area contributed by atoms with E-state index in [4.69, 9.17) is 10.5 Å². The molecule has 0 unspecified atom stereocenters. The number of ether oxygens (including phenoxy) is 1. The number of hydrogen-bond acceptors (Lipinski definition) is 5. The van der Waals surface area contributed by atoms with Crippen molar-refractivity contribution in [3.8, 4) is 5.75 Å². The van der Waals surface area contributed by atoms with Crippen molar-refractivity contribution in [2.75, 3.05) is 41.8 Å². The van der Waals surface area contributed by atoms with Gasteiger partial charge < -0.3 is 15.4 Å². The zero-order valence-corrected chi connectivity index (χ0v) is 11.2. The van der Waals surface area contributed by atoms with Crippen molar-refractivity contribution in [3.63, 3.8) is 0 Å². The van der Waals surface area contributed by atoms with Gasteiger partial charge in [0.2, 0.25) is 0 Å². The minimum Gasteiger partial charge on any atom is -0.494 e. The summed E-state index contributed by atoms with van der Waals surface area (Å²) in [7, 11) is -2.86. The average Bonchev–Trinajstić information content (AvgIpc) is 2.28. The molecule has 100 valence electrons. The van der Waals surface area contributed by atoms with Crippen LogP contribution < -0.4 is 15.4 Å². The third kappa shape index (κ3) is 3.07.